The van der Waals surface area contributed by atoms with Crippen molar-refractivity contribution in [1.29, 1.82) is 0 Å². The van der Waals surface area contributed by atoms with Gasteiger partial charge in [-0.25, -0.2) is 15.2 Å². The van der Waals surface area contributed by atoms with Gasteiger partial charge in [-0.1, -0.05) is 0 Å². The van der Waals surface area contributed by atoms with Gasteiger partial charge in [0.2, 0.25) is 5.95 Å². The first kappa shape index (κ1) is 9.84. The van der Waals surface area contributed by atoms with Gasteiger partial charge in [-0.3, -0.25) is 10.2 Å². The van der Waals surface area contributed by atoms with E-state index in [1.807, 2.05) is 5.43 Å². The molecule has 0 aliphatic rings. The molecule has 0 aliphatic carbocycles. The summed E-state index contributed by atoms with van der Waals surface area (Å²) >= 11 is 0. The standard InChI is InChI=1S/C6H10N6O2/c1-3-2-4(13)12(8)6(9-3)11-10-5(7)14/h2H,8H2,1H3,(H,9,11)(H3,7,10,14). The van der Waals surface area contributed by atoms with Crippen LogP contribution >= 0.6 is 0 Å². The Morgan fingerprint density at radius 2 is 2.29 bits per heavy atom. The highest BCUT2D eigenvalue weighted by molar-refractivity contribution is 5.72. The third kappa shape index (κ3) is 2.12. The first-order valence-electron chi connectivity index (χ1n) is 3.68. The summed E-state index contributed by atoms with van der Waals surface area (Å²) in [4.78, 5) is 25.3. The van der Waals surface area contributed by atoms with Crippen molar-refractivity contribution in [2.45, 2.75) is 6.92 Å². The maximum absolute atomic E-state index is 11.1. The molecule has 0 atom stereocenters. The minimum atomic E-state index is -0.805. The van der Waals surface area contributed by atoms with Crippen LogP contribution in [0, 0.1) is 6.92 Å². The van der Waals surface area contributed by atoms with Crippen LogP contribution < -0.4 is 28.0 Å². The van der Waals surface area contributed by atoms with Gasteiger partial charge in [0.15, 0.2) is 0 Å². The fraction of sp³-hybridized carbons (Fsp3) is 0.167. The van der Waals surface area contributed by atoms with E-state index in [9.17, 15) is 9.59 Å². The number of primary amides is 1. The summed E-state index contributed by atoms with van der Waals surface area (Å²) in [5.74, 6) is 5.33. The number of nitrogen functional groups attached to an aromatic ring is 1. The number of aryl methyl sites for hydroxylation is 1. The van der Waals surface area contributed by atoms with Gasteiger partial charge in [-0.05, 0) is 6.92 Å². The second kappa shape index (κ2) is 3.64. The van der Waals surface area contributed by atoms with Gasteiger partial charge in [0.05, 0.1) is 0 Å². The van der Waals surface area contributed by atoms with Crippen LogP contribution in [0.25, 0.3) is 0 Å². The van der Waals surface area contributed by atoms with Crippen molar-refractivity contribution in [3.8, 4) is 0 Å². The highest BCUT2D eigenvalue weighted by Crippen LogP contribution is 1.95. The lowest BCUT2D eigenvalue weighted by atomic mass is 10.4. The van der Waals surface area contributed by atoms with Crippen LogP contribution in [0.2, 0.25) is 0 Å². The van der Waals surface area contributed by atoms with Crippen molar-refractivity contribution in [2.75, 3.05) is 11.3 Å². The molecule has 0 spiro atoms. The van der Waals surface area contributed by atoms with Crippen molar-refractivity contribution in [2.24, 2.45) is 5.73 Å². The van der Waals surface area contributed by atoms with Crippen molar-refractivity contribution in [3.05, 3.63) is 22.1 Å². The Kier molecular flexibility index (Phi) is 2.56. The molecule has 0 unspecified atom stereocenters. The van der Waals surface area contributed by atoms with Crippen molar-refractivity contribution >= 4 is 12.0 Å². The van der Waals surface area contributed by atoms with E-state index in [4.69, 9.17) is 11.6 Å². The lowest BCUT2D eigenvalue weighted by Crippen LogP contribution is -2.39. The second-order valence-electron chi connectivity index (χ2n) is 2.54. The number of anilines is 1. The van der Waals surface area contributed by atoms with Crippen LogP contribution in [0.15, 0.2) is 10.9 Å². The van der Waals surface area contributed by atoms with Gasteiger partial charge in [0, 0.05) is 11.8 Å². The SMILES string of the molecule is Cc1cc(=O)n(N)c(NNC(N)=O)n1. The number of hydrogen-bond donors (Lipinski definition) is 4. The Balaban J connectivity index is 2.96. The van der Waals surface area contributed by atoms with Crippen LogP contribution in [0.5, 0.6) is 0 Å². The average molecular weight is 198 g/mol. The number of aromatic nitrogens is 2. The number of carbonyl (C=O) groups excluding carboxylic acids is 1. The average Bonchev–Trinajstić information content (AvgIpc) is 2.08. The molecule has 0 radical (unpaired) electrons. The number of nitrogens with two attached hydrogens (primary N) is 2. The lowest BCUT2D eigenvalue weighted by Gasteiger charge is -2.09. The number of carbonyl (C=O) groups is 1. The predicted octanol–water partition coefficient (Wildman–Crippen LogP) is -1.74. The molecule has 1 heterocycles. The minimum absolute atomic E-state index is 0.00815. The number of hydrazine groups is 1. The van der Waals surface area contributed by atoms with Crippen LogP contribution in [-0.4, -0.2) is 15.7 Å². The number of hydrogen-bond acceptors (Lipinski definition) is 5. The molecule has 0 fully saturated rings. The highest BCUT2D eigenvalue weighted by atomic mass is 16.2. The van der Waals surface area contributed by atoms with E-state index in [0.29, 0.717) is 5.69 Å². The highest BCUT2D eigenvalue weighted by Gasteiger charge is 2.03. The smallest absolute Gasteiger partial charge is 0.330 e. The maximum Gasteiger partial charge on any atom is 0.330 e. The summed E-state index contributed by atoms with van der Waals surface area (Å²) in [6.07, 6.45) is 0. The number of nitrogens with one attached hydrogen (secondary N) is 2. The Morgan fingerprint density at radius 1 is 1.64 bits per heavy atom. The number of amides is 2. The Bertz CT molecular complexity index is 411. The van der Waals surface area contributed by atoms with Crippen molar-refractivity contribution in [3.63, 3.8) is 0 Å². The van der Waals surface area contributed by atoms with Gasteiger partial charge >= 0.3 is 6.03 Å². The Morgan fingerprint density at radius 3 is 2.86 bits per heavy atom. The van der Waals surface area contributed by atoms with Gasteiger partial charge < -0.3 is 11.6 Å². The molecular weight excluding hydrogens is 188 g/mol. The van der Waals surface area contributed by atoms with Gasteiger partial charge in [0.1, 0.15) is 0 Å². The zero-order chi connectivity index (χ0) is 10.7. The summed E-state index contributed by atoms with van der Waals surface area (Å²) < 4.78 is 0.753. The van der Waals surface area contributed by atoms with Gasteiger partial charge in [-0.2, -0.15) is 4.68 Å². The van der Waals surface area contributed by atoms with E-state index >= 15 is 0 Å². The molecule has 0 saturated carbocycles. The number of urea groups is 1. The Hall–Kier alpha value is -2.25. The monoisotopic (exact) mass is 198 g/mol. The largest absolute Gasteiger partial charge is 0.350 e. The zero-order valence-corrected chi connectivity index (χ0v) is 7.44. The lowest BCUT2D eigenvalue weighted by molar-refractivity contribution is 0.250. The molecular formula is C6H10N6O2. The fourth-order valence-electron chi connectivity index (χ4n) is 0.811. The summed E-state index contributed by atoms with van der Waals surface area (Å²) in [6.45, 7) is 1.62. The van der Waals surface area contributed by atoms with Crippen LogP contribution in [0.3, 0.4) is 0 Å². The molecule has 0 bridgehead atoms. The maximum atomic E-state index is 11.1. The molecule has 1 rings (SSSR count). The number of nitrogens with zero attached hydrogens (tertiary/aromatic N) is 2. The molecule has 8 heteroatoms. The third-order valence-corrected chi connectivity index (χ3v) is 1.38. The molecule has 0 aliphatic heterocycles. The van der Waals surface area contributed by atoms with Crippen LogP contribution in [0.4, 0.5) is 10.7 Å². The van der Waals surface area contributed by atoms with E-state index in [-0.39, 0.29) is 5.95 Å². The molecule has 1 aromatic heterocycles. The minimum Gasteiger partial charge on any atom is -0.350 e. The number of rotatable bonds is 2. The van der Waals surface area contributed by atoms with Gasteiger partial charge in [0.25, 0.3) is 5.56 Å². The second-order valence-corrected chi connectivity index (χ2v) is 2.54. The molecule has 6 N–H and O–H groups in total. The summed E-state index contributed by atoms with van der Waals surface area (Å²) in [5.41, 5.74) is 9.18. The third-order valence-electron chi connectivity index (χ3n) is 1.38. The van der Waals surface area contributed by atoms with Crippen molar-refractivity contribution < 1.29 is 4.79 Å². The topological polar surface area (TPSA) is 128 Å². The zero-order valence-electron chi connectivity index (χ0n) is 7.44. The van der Waals surface area contributed by atoms with Crippen molar-refractivity contribution in [1.82, 2.24) is 15.1 Å². The normalized spacial score (nSPS) is 9.50. The summed E-state index contributed by atoms with van der Waals surface area (Å²) in [7, 11) is 0. The quantitative estimate of drug-likeness (QED) is 0.331. The van der Waals surface area contributed by atoms with E-state index in [1.165, 1.54) is 6.07 Å². The van der Waals surface area contributed by atoms with E-state index in [2.05, 4.69) is 10.4 Å². The Labute approximate surface area is 78.9 Å². The molecule has 1 aromatic rings. The predicted molar refractivity (Wildman–Crippen MR) is 49.7 cm³/mol. The van der Waals surface area contributed by atoms with E-state index in [0.717, 1.165) is 4.68 Å². The molecule has 2 amide bonds. The molecule has 8 nitrogen and oxygen atoms in total. The molecule has 0 aromatic carbocycles. The fourth-order valence-corrected chi connectivity index (χ4v) is 0.811. The summed E-state index contributed by atoms with van der Waals surface area (Å²) in [6, 6.07) is 0.455. The first-order chi connectivity index (χ1) is 6.50. The molecule has 76 valence electrons. The molecule has 0 saturated heterocycles. The van der Waals surface area contributed by atoms with Crippen LogP contribution in [-0.2, 0) is 0 Å². The summed E-state index contributed by atoms with van der Waals surface area (Å²) in [5, 5.41) is 0. The van der Waals surface area contributed by atoms with E-state index in [1.54, 1.807) is 6.92 Å². The van der Waals surface area contributed by atoms with E-state index < -0.39 is 11.6 Å². The van der Waals surface area contributed by atoms with Gasteiger partial charge in [-0.15, -0.1) is 0 Å². The molecule has 14 heavy (non-hydrogen) atoms. The van der Waals surface area contributed by atoms with Crippen LogP contribution in [0.1, 0.15) is 5.69 Å². The first-order valence-corrected chi connectivity index (χ1v) is 3.68.